The molecule has 0 bridgehead atoms. The van der Waals surface area contributed by atoms with Crippen LogP contribution in [0.3, 0.4) is 0 Å². The molecule has 1 rings (SSSR count). The van der Waals surface area contributed by atoms with Crippen LogP contribution in [0.5, 0.6) is 0 Å². The second-order valence-corrected chi connectivity index (χ2v) is 3.22. The van der Waals surface area contributed by atoms with Crippen LogP contribution in [-0.4, -0.2) is 11.1 Å². The van der Waals surface area contributed by atoms with Crippen molar-refractivity contribution in [1.29, 1.82) is 0 Å². The van der Waals surface area contributed by atoms with Crippen LogP contribution in [0.2, 0.25) is 0 Å². The third-order valence-electron chi connectivity index (χ3n) is 1.40. The summed E-state index contributed by atoms with van der Waals surface area (Å²) in [6.45, 7) is 5.21. The Bertz CT molecular complexity index is 296. The van der Waals surface area contributed by atoms with E-state index in [2.05, 4.69) is 9.88 Å². The first-order valence-electron chi connectivity index (χ1n) is 3.47. The van der Waals surface area contributed by atoms with Gasteiger partial charge in [0.05, 0.1) is 5.69 Å². The molecule has 1 aromatic rings. The first-order chi connectivity index (χ1) is 5.61. The van der Waals surface area contributed by atoms with Gasteiger partial charge in [-0.15, -0.1) is 0 Å². The Hall–Kier alpha value is -0.970. The molecule has 1 aromatic heterocycles. The summed E-state index contributed by atoms with van der Waals surface area (Å²) in [6, 6.07) is 0. The van der Waals surface area contributed by atoms with Gasteiger partial charge in [0.2, 0.25) is 11.0 Å². The topological polar surface area (TPSA) is 55.1 Å². The van der Waals surface area contributed by atoms with Crippen LogP contribution >= 0.6 is 11.9 Å². The standard InChI is InChI=1S/C7H10N2O2S/c1-4-5(2)8-11-7(4)12-9-6(3)10/h1-3H3,(H,9,10). The molecule has 5 heteroatoms. The number of nitrogens with one attached hydrogen (secondary N) is 1. The summed E-state index contributed by atoms with van der Waals surface area (Å²) in [4.78, 5) is 10.5. The third-order valence-corrected chi connectivity index (χ3v) is 2.36. The molecule has 0 atom stereocenters. The molecule has 1 amide bonds. The Labute approximate surface area is 74.8 Å². The van der Waals surface area contributed by atoms with Gasteiger partial charge in [0.15, 0.2) is 0 Å². The molecule has 0 aliphatic rings. The van der Waals surface area contributed by atoms with Gasteiger partial charge in [-0.1, -0.05) is 5.16 Å². The molecule has 1 heterocycles. The Morgan fingerprint density at radius 3 is 2.67 bits per heavy atom. The van der Waals surface area contributed by atoms with Crippen molar-refractivity contribution in [2.45, 2.75) is 25.9 Å². The van der Waals surface area contributed by atoms with E-state index in [1.165, 1.54) is 6.92 Å². The lowest BCUT2D eigenvalue weighted by Crippen LogP contribution is -2.09. The van der Waals surface area contributed by atoms with Crippen LogP contribution in [-0.2, 0) is 4.79 Å². The number of aromatic nitrogens is 1. The van der Waals surface area contributed by atoms with E-state index in [0.717, 1.165) is 23.2 Å². The lowest BCUT2D eigenvalue weighted by Gasteiger charge is -1.95. The van der Waals surface area contributed by atoms with Crippen molar-refractivity contribution < 1.29 is 9.32 Å². The van der Waals surface area contributed by atoms with Crippen molar-refractivity contribution >= 4 is 17.9 Å². The zero-order chi connectivity index (χ0) is 9.14. The van der Waals surface area contributed by atoms with Crippen LogP contribution in [0.25, 0.3) is 0 Å². The zero-order valence-corrected chi connectivity index (χ0v) is 7.99. The SMILES string of the molecule is CC(=O)NSc1onc(C)c1C. The molecule has 0 radical (unpaired) electrons. The minimum atomic E-state index is -0.103. The smallest absolute Gasteiger partial charge is 0.227 e. The number of nitrogens with zero attached hydrogens (tertiary/aromatic N) is 1. The highest BCUT2D eigenvalue weighted by Gasteiger charge is 2.08. The van der Waals surface area contributed by atoms with Crippen molar-refractivity contribution in [2.24, 2.45) is 0 Å². The minimum absolute atomic E-state index is 0.103. The van der Waals surface area contributed by atoms with Crippen molar-refractivity contribution in [3.8, 4) is 0 Å². The van der Waals surface area contributed by atoms with E-state index < -0.39 is 0 Å². The number of carbonyl (C=O) groups is 1. The fraction of sp³-hybridized carbons (Fsp3) is 0.429. The molecule has 0 aliphatic carbocycles. The molecule has 0 fully saturated rings. The van der Waals surface area contributed by atoms with Crippen molar-refractivity contribution in [2.75, 3.05) is 0 Å². The number of hydrogen-bond acceptors (Lipinski definition) is 4. The highest BCUT2D eigenvalue weighted by molar-refractivity contribution is 7.97. The van der Waals surface area contributed by atoms with E-state index in [1.54, 1.807) is 0 Å². The molecular weight excluding hydrogens is 176 g/mol. The number of carbonyl (C=O) groups excluding carboxylic acids is 1. The predicted octanol–water partition coefficient (Wildman–Crippen LogP) is 1.43. The Morgan fingerprint density at radius 2 is 2.25 bits per heavy atom. The van der Waals surface area contributed by atoms with E-state index in [4.69, 9.17) is 4.52 Å². The van der Waals surface area contributed by atoms with Crippen molar-refractivity contribution in [1.82, 2.24) is 9.88 Å². The van der Waals surface area contributed by atoms with E-state index >= 15 is 0 Å². The fourth-order valence-corrected chi connectivity index (χ4v) is 1.22. The maximum absolute atomic E-state index is 10.5. The summed E-state index contributed by atoms with van der Waals surface area (Å²) in [5.41, 5.74) is 1.82. The predicted molar refractivity (Wildman–Crippen MR) is 45.7 cm³/mol. The number of hydrogen-bond donors (Lipinski definition) is 1. The van der Waals surface area contributed by atoms with Crippen molar-refractivity contribution in [3.63, 3.8) is 0 Å². The summed E-state index contributed by atoms with van der Waals surface area (Å²) in [6.07, 6.45) is 0. The zero-order valence-electron chi connectivity index (χ0n) is 7.17. The summed E-state index contributed by atoms with van der Waals surface area (Å²) in [7, 11) is 0. The van der Waals surface area contributed by atoms with Crippen molar-refractivity contribution in [3.05, 3.63) is 11.3 Å². The van der Waals surface area contributed by atoms with E-state index in [1.807, 2.05) is 13.8 Å². The fourth-order valence-electron chi connectivity index (χ4n) is 0.608. The van der Waals surface area contributed by atoms with Crippen LogP contribution in [0.1, 0.15) is 18.2 Å². The van der Waals surface area contributed by atoms with E-state index in [0.29, 0.717) is 5.09 Å². The molecule has 4 nitrogen and oxygen atoms in total. The number of aryl methyl sites for hydroxylation is 1. The highest BCUT2D eigenvalue weighted by Crippen LogP contribution is 2.21. The average Bonchev–Trinajstić information content (AvgIpc) is 2.30. The monoisotopic (exact) mass is 186 g/mol. The number of rotatable bonds is 2. The largest absolute Gasteiger partial charge is 0.348 e. The quantitative estimate of drug-likeness (QED) is 0.710. The van der Waals surface area contributed by atoms with Gasteiger partial charge in [-0.3, -0.25) is 9.52 Å². The lowest BCUT2D eigenvalue weighted by atomic mass is 10.3. The van der Waals surface area contributed by atoms with Crippen LogP contribution in [0.15, 0.2) is 9.62 Å². The van der Waals surface area contributed by atoms with Gasteiger partial charge < -0.3 is 4.52 Å². The molecule has 0 aliphatic heterocycles. The first-order valence-corrected chi connectivity index (χ1v) is 4.29. The van der Waals surface area contributed by atoms with Crippen LogP contribution in [0, 0.1) is 13.8 Å². The van der Waals surface area contributed by atoms with Gasteiger partial charge in [-0.25, -0.2) is 0 Å². The van der Waals surface area contributed by atoms with Gasteiger partial charge in [-0.05, 0) is 13.8 Å². The van der Waals surface area contributed by atoms with E-state index in [-0.39, 0.29) is 5.91 Å². The highest BCUT2D eigenvalue weighted by atomic mass is 32.2. The van der Waals surface area contributed by atoms with Gasteiger partial charge >= 0.3 is 0 Å². The van der Waals surface area contributed by atoms with Gasteiger partial charge in [-0.2, -0.15) is 0 Å². The average molecular weight is 186 g/mol. The third kappa shape index (κ3) is 2.01. The van der Waals surface area contributed by atoms with E-state index in [9.17, 15) is 4.79 Å². The van der Waals surface area contributed by atoms with Crippen LogP contribution in [0.4, 0.5) is 0 Å². The normalized spacial score (nSPS) is 9.92. The maximum atomic E-state index is 10.5. The lowest BCUT2D eigenvalue weighted by molar-refractivity contribution is -0.117. The van der Waals surface area contributed by atoms with Gasteiger partial charge in [0.1, 0.15) is 0 Å². The minimum Gasteiger partial charge on any atom is -0.348 e. The maximum Gasteiger partial charge on any atom is 0.227 e. The van der Waals surface area contributed by atoms with Gasteiger partial charge in [0.25, 0.3) is 0 Å². The molecule has 0 aromatic carbocycles. The summed E-state index contributed by atoms with van der Waals surface area (Å²) in [5, 5.41) is 4.39. The molecule has 0 unspecified atom stereocenters. The molecule has 0 saturated heterocycles. The second kappa shape index (κ2) is 3.62. The molecule has 66 valence electrons. The molecular formula is C7H10N2O2S. The molecule has 0 saturated carbocycles. The molecule has 1 N–H and O–H groups in total. The summed E-state index contributed by atoms with van der Waals surface area (Å²) in [5.74, 6) is -0.103. The summed E-state index contributed by atoms with van der Waals surface area (Å²) < 4.78 is 7.50. The van der Waals surface area contributed by atoms with Crippen LogP contribution < -0.4 is 4.72 Å². The Kier molecular flexibility index (Phi) is 2.75. The molecule has 0 spiro atoms. The van der Waals surface area contributed by atoms with Gasteiger partial charge in [0, 0.05) is 24.4 Å². The first kappa shape index (κ1) is 9.12. The Morgan fingerprint density at radius 1 is 1.58 bits per heavy atom. The summed E-state index contributed by atoms with van der Waals surface area (Å²) >= 11 is 1.15. The molecule has 12 heavy (non-hydrogen) atoms. The number of amides is 1. The Balaban J connectivity index is 2.63. The second-order valence-electron chi connectivity index (χ2n) is 2.44.